The number of hydrogen-bond acceptors (Lipinski definition) is 3. The number of halogens is 1. The lowest BCUT2D eigenvalue weighted by Crippen LogP contribution is -2.45. The normalized spacial score (nSPS) is 12.4. The van der Waals surface area contributed by atoms with Gasteiger partial charge in [-0.1, -0.05) is 30.3 Å². The van der Waals surface area contributed by atoms with Gasteiger partial charge in [-0.3, -0.25) is 9.59 Å². The van der Waals surface area contributed by atoms with Crippen LogP contribution in [0.2, 0.25) is 0 Å². The van der Waals surface area contributed by atoms with Crippen molar-refractivity contribution in [3.05, 3.63) is 65.7 Å². The van der Waals surface area contributed by atoms with Gasteiger partial charge < -0.3 is 16.8 Å². The van der Waals surface area contributed by atoms with Crippen LogP contribution in [-0.2, 0) is 11.2 Å². The quantitative estimate of drug-likeness (QED) is 0.523. The van der Waals surface area contributed by atoms with E-state index in [1.807, 2.05) is 0 Å². The standard InChI is InChI=1S/C18H19FN4O2/c19-11-16(20)22-14-8-4-5-12(9-14)10-15(17(21)24)23-18(25)13-6-2-1-3-7-13/h1-9,15H,10-11H2,(H2,20,22)(H2,21,24)(H,23,25)/t15-/m0/s1. The molecule has 25 heavy (non-hydrogen) atoms. The number of benzene rings is 2. The first-order chi connectivity index (χ1) is 12.0. The minimum absolute atomic E-state index is 0.138. The second kappa shape index (κ2) is 8.58. The smallest absolute Gasteiger partial charge is 0.251 e. The minimum atomic E-state index is -0.884. The van der Waals surface area contributed by atoms with Gasteiger partial charge in [-0.25, -0.2) is 9.38 Å². The molecule has 0 radical (unpaired) electrons. The zero-order valence-corrected chi connectivity index (χ0v) is 13.5. The van der Waals surface area contributed by atoms with Gasteiger partial charge in [0.15, 0.2) is 0 Å². The number of amidine groups is 1. The highest BCUT2D eigenvalue weighted by Crippen LogP contribution is 2.16. The summed E-state index contributed by atoms with van der Waals surface area (Å²) in [5, 5.41) is 2.62. The number of carbonyl (C=O) groups excluding carboxylic acids is 2. The van der Waals surface area contributed by atoms with Crippen molar-refractivity contribution in [2.24, 2.45) is 16.5 Å². The van der Waals surface area contributed by atoms with Crippen LogP contribution in [0.3, 0.4) is 0 Å². The first-order valence-corrected chi connectivity index (χ1v) is 7.62. The lowest BCUT2D eigenvalue weighted by Gasteiger charge is -2.16. The number of primary amides is 1. The van der Waals surface area contributed by atoms with Crippen molar-refractivity contribution in [2.45, 2.75) is 12.5 Å². The lowest BCUT2D eigenvalue weighted by atomic mass is 10.0. The van der Waals surface area contributed by atoms with Crippen LogP contribution in [0.25, 0.3) is 0 Å². The monoisotopic (exact) mass is 342 g/mol. The molecule has 1 atom stereocenters. The molecule has 0 aliphatic heterocycles. The van der Waals surface area contributed by atoms with Gasteiger partial charge in [0.25, 0.3) is 5.91 Å². The third kappa shape index (κ3) is 5.42. The number of alkyl halides is 1. The number of hydrogen-bond donors (Lipinski definition) is 3. The van der Waals surface area contributed by atoms with Gasteiger partial charge in [0.05, 0.1) is 5.69 Å². The molecule has 0 saturated heterocycles. The van der Waals surface area contributed by atoms with Gasteiger partial charge in [-0.2, -0.15) is 0 Å². The van der Waals surface area contributed by atoms with Crippen molar-refractivity contribution in [3.63, 3.8) is 0 Å². The Kier molecular flexibility index (Phi) is 6.22. The Morgan fingerprint density at radius 3 is 2.44 bits per heavy atom. The van der Waals surface area contributed by atoms with E-state index >= 15 is 0 Å². The Labute approximate surface area is 144 Å². The molecule has 6 nitrogen and oxygen atoms in total. The maximum Gasteiger partial charge on any atom is 0.251 e. The van der Waals surface area contributed by atoms with Crippen LogP contribution in [0.15, 0.2) is 59.6 Å². The van der Waals surface area contributed by atoms with E-state index in [0.29, 0.717) is 16.8 Å². The lowest BCUT2D eigenvalue weighted by molar-refractivity contribution is -0.119. The van der Waals surface area contributed by atoms with Gasteiger partial charge in [0, 0.05) is 12.0 Å². The molecule has 0 aromatic heterocycles. The zero-order valence-electron chi connectivity index (χ0n) is 13.5. The highest BCUT2D eigenvalue weighted by atomic mass is 19.1. The molecule has 0 heterocycles. The van der Waals surface area contributed by atoms with Gasteiger partial charge in [0.2, 0.25) is 5.91 Å². The van der Waals surface area contributed by atoms with Crippen molar-refractivity contribution < 1.29 is 14.0 Å². The van der Waals surface area contributed by atoms with Crippen LogP contribution in [0, 0.1) is 0 Å². The van der Waals surface area contributed by atoms with Gasteiger partial charge >= 0.3 is 0 Å². The molecule has 0 bridgehead atoms. The number of carbonyl (C=O) groups is 2. The highest BCUT2D eigenvalue weighted by Gasteiger charge is 2.19. The van der Waals surface area contributed by atoms with Crippen LogP contribution in [-0.4, -0.2) is 30.4 Å². The third-order valence-electron chi connectivity index (χ3n) is 3.44. The topological polar surface area (TPSA) is 111 Å². The molecule has 0 fully saturated rings. The molecule has 0 unspecified atom stereocenters. The molecular formula is C18H19FN4O2. The summed E-state index contributed by atoms with van der Waals surface area (Å²) in [6, 6.07) is 14.4. The molecule has 5 N–H and O–H groups in total. The summed E-state index contributed by atoms with van der Waals surface area (Å²) >= 11 is 0. The Morgan fingerprint density at radius 2 is 1.80 bits per heavy atom. The zero-order chi connectivity index (χ0) is 18.2. The van der Waals surface area contributed by atoms with Crippen molar-refractivity contribution in [1.82, 2.24) is 5.32 Å². The molecular weight excluding hydrogens is 323 g/mol. The summed E-state index contributed by atoms with van der Waals surface area (Å²) in [6.45, 7) is -0.846. The molecule has 2 aromatic rings. The predicted molar refractivity (Wildman–Crippen MR) is 94.3 cm³/mol. The second-order valence-electron chi connectivity index (χ2n) is 5.41. The van der Waals surface area contributed by atoms with E-state index in [1.165, 1.54) is 0 Å². The average Bonchev–Trinajstić information content (AvgIpc) is 2.62. The summed E-state index contributed by atoms with van der Waals surface area (Å²) < 4.78 is 12.4. The maximum atomic E-state index is 12.4. The molecule has 0 aliphatic rings. The van der Waals surface area contributed by atoms with E-state index in [2.05, 4.69) is 10.3 Å². The number of amides is 2. The first-order valence-electron chi connectivity index (χ1n) is 7.62. The maximum absolute atomic E-state index is 12.4. The SMILES string of the molecule is NC(=O)[C@H](Cc1cccc(N=C(N)CF)c1)NC(=O)c1ccccc1. The van der Waals surface area contributed by atoms with Crippen molar-refractivity contribution in [1.29, 1.82) is 0 Å². The van der Waals surface area contributed by atoms with Crippen molar-refractivity contribution >= 4 is 23.3 Å². The summed E-state index contributed by atoms with van der Waals surface area (Å²) in [5.74, 6) is -1.18. The molecule has 2 rings (SSSR count). The van der Waals surface area contributed by atoms with E-state index in [0.717, 1.165) is 0 Å². The number of nitrogens with zero attached hydrogens (tertiary/aromatic N) is 1. The predicted octanol–water partition coefficient (Wildman–Crippen LogP) is 1.47. The fraction of sp³-hybridized carbons (Fsp3) is 0.167. The first kappa shape index (κ1) is 18.1. The number of rotatable bonds is 7. The fourth-order valence-corrected chi connectivity index (χ4v) is 2.24. The molecule has 2 amide bonds. The van der Waals surface area contributed by atoms with Gasteiger partial charge in [-0.05, 0) is 29.8 Å². The van der Waals surface area contributed by atoms with E-state index in [1.54, 1.807) is 54.6 Å². The van der Waals surface area contributed by atoms with Crippen molar-refractivity contribution in [3.8, 4) is 0 Å². The second-order valence-corrected chi connectivity index (χ2v) is 5.41. The Balaban J connectivity index is 2.13. The van der Waals surface area contributed by atoms with E-state index in [9.17, 15) is 14.0 Å². The average molecular weight is 342 g/mol. The van der Waals surface area contributed by atoms with Crippen LogP contribution < -0.4 is 16.8 Å². The molecule has 0 spiro atoms. The van der Waals surface area contributed by atoms with Crippen LogP contribution >= 0.6 is 0 Å². The van der Waals surface area contributed by atoms with Crippen LogP contribution in [0.4, 0.5) is 10.1 Å². The molecule has 0 saturated carbocycles. The van der Waals surface area contributed by atoms with Gasteiger partial charge in [-0.15, -0.1) is 0 Å². The Morgan fingerprint density at radius 1 is 1.08 bits per heavy atom. The third-order valence-corrected chi connectivity index (χ3v) is 3.44. The summed E-state index contributed by atoms with van der Waals surface area (Å²) in [7, 11) is 0. The summed E-state index contributed by atoms with van der Waals surface area (Å²) in [4.78, 5) is 27.8. The Hall–Kier alpha value is -3.22. The molecule has 2 aromatic carbocycles. The summed E-state index contributed by atoms with van der Waals surface area (Å²) in [6.07, 6.45) is 0.187. The van der Waals surface area contributed by atoms with E-state index in [4.69, 9.17) is 11.5 Å². The Bertz CT molecular complexity index is 778. The largest absolute Gasteiger partial charge is 0.385 e. The number of nitrogens with one attached hydrogen (secondary N) is 1. The fourth-order valence-electron chi connectivity index (χ4n) is 2.24. The number of nitrogens with two attached hydrogens (primary N) is 2. The molecule has 7 heteroatoms. The van der Waals surface area contributed by atoms with E-state index < -0.39 is 18.6 Å². The van der Waals surface area contributed by atoms with Crippen LogP contribution in [0.5, 0.6) is 0 Å². The van der Waals surface area contributed by atoms with Crippen molar-refractivity contribution in [2.75, 3.05) is 6.67 Å². The van der Waals surface area contributed by atoms with Gasteiger partial charge in [0.1, 0.15) is 18.6 Å². The summed E-state index contributed by atoms with van der Waals surface area (Å²) in [5.41, 5.74) is 12.4. The number of aliphatic imine (C=N–C) groups is 1. The highest BCUT2D eigenvalue weighted by molar-refractivity contribution is 5.97. The molecule has 0 aliphatic carbocycles. The van der Waals surface area contributed by atoms with E-state index in [-0.39, 0.29) is 18.2 Å². The molecule has 130 valence electrons. The minimum Gasteiger partial charge on any atom is -0.385 e. The van der Waals surface area contributed by atoms with Crippen LogP contribution in [0.1, 0.15) is 15.9 Å².